The maximum atomic E-state index is 13.2. The molecular weight excluding hydrogens is 325 g/mol. The molecule has 0 aliphatic carbocycles. The number of rotatable bonds is 5. The molecule has 1 fully saturated rings. The van der Waals surface area contributed by atoms with Gasteiger partial charge >= 0.3 is 0 Å². The highest BCUT2D eigenvalue weighted by molar-refractivity contribution is 5.41. The van der Waals surface area contributed by atoms with Gasteiger partial charge in [0.25, 0.3) is 5.69 Å². The number of hydrogen-bond donors (Lipinski definition) is 1. The lowest BCUT2D eigenvalue weighted by Crippen LogP contribution is -2.26. The summed E-state index contributed by atoms with van der Waals surface area (Å²) < 4.78 is 13.2. The standard InChI is InChI=1S/C17H16FN5O2/c18-14-2-1-12(13(7-14)8-19)10-22-6-5-15(11-22)21-17-4-3-16(9-20-17)23(24)25/h1-4,7,9,15H,5-6,10-11H2,(H,20,21). The van der Waals surface area contributed by atoms with Gasteiger partial charge in [0.05, 0.1) is 16.6 Å². The Morgan fingerprint density at radius 3 is 2.96 bits per heavy atom. The summed E-state index contributed by atoms with van der Waals surface area (Å²) in [6.07, 6.45) is 2.12. The number of halogens is 1. The predicted molar refractivity (Wildman–Crippen MR) is 89.3 cm³/mol. The summed E-state index contributed by atoms with van der Waals surface area (Å²) in [6.45, 7) is 2.17. The van der Waals surface area contributed by atoms with Crippen LogP contribution in [0.2, 0.25) is 0 Å². The van der Waals surface area contributed by atoms with Crippen molar-refractivity contribution in [1.29, 1.82) is 5.26 Å². The zero-order chi connectivity index (χ0) is 17.8. The number of nitriles is 1. The third kappa shape index (κ3) is 4.08. The minimum absolute atomic E-state index is 0.0426. The third-order valence-electron chi connectivity index (χ3n) is 4.17. The Hall–Kier alpha value is -3.05. The van der Waals surface area contributed by atoms with E-state index in [0.717, 1.165) is 25.1 Å². The summed E-state index contributed by atoms with van der Waals surface area (Å²) >= 11 is 0. The molecule has 2 aromatic rings. The fourth-order valence-corrected chi connectivity index (χ4v) is 2.91. The van der Waals surface area contributed by atoms with Crippen LogP contribution < -0.4 is 5.32 Å². The molecular formula is C17H16FN5O2. The summed E-state index contributed by atoms with van der Waals surface area (Å²) in [4.78, 5) is 16.4. The van der Waals surface area contributed by atoms with Gasteiger partial charge in [-0.05, 0) is 30.2 Å². The molecule has 1 unspecified atom stereocenters. The first kappa shape index (κ1) is 16.8. The van der Waals surface area contributed by atoms with Crippen molar-refractivity contribution in [1.82, 2.24) is 9.88 Å². The van der Waals surface area contributed by atoms with Gasteiger partial charge in [-0.1, -0.05) is 6.07 Å². The number of pyridine rings is 1. The third-order valence-corrected chi connectivity index (χ3v) is 4.17. The molecule has 1 aromatic carbocycles. The Bertz CT molecular complexity index is 819. The predicted octanol–water partition coefficient (Wildman–Crippen LogP) is 2.69. The molecule has 1 aliphatic rings. The summed E-state index contributed by atoms with van der Waals surface area (Å²) in [6, 6.07) is 9.46. The average Bonchev–Trinajstić information content (AvgIpc) is 3.04. The summed E-state index contributed by atoms with van der Waals surface area (Å²) in [7, 11) is 0. The van der Waals surface area contributed by atoms with Crippen LogP contribution in [0.4, 0.5) is 15.9 Å². The van der Waals surface area contributed by atoms with Crippen LogP contribution in [0.1, 0.15) is 17.5 Å². The summed E-state index contributed by atoms with van der Waals surface area (Å²) in [5, 5.41) is 23.0. The molecule has 3 rings (SSSR count). The van der Waals surface area contributed by atoms with Crippen LogP contribution in [0.15, 0.2) is 36.5 Å². The van der Waals surface area contributed by atoms with Crippen molar-refractivity contribution in [2.24, 2.45) is 0 Å². The Labute approximate surface area is 143 Å². The molecule has 1 saturated heterocycles. The fourth-order valence-electron chi connectivity index (χ4n) is 2.91. The molecule has 1 aromatic heterocycles. The second-order valence-corrected chi connectivity index (χ2v) is 5.94. The van der Waals surface area contributed by atoms with E-state index >= 15 is 0 Å². The van der Waals surface area contributed by atoms with E-state index in [-0.39, 0.29) is 11.7 Å². The van der Waals surface area contributed by atoms with Gasteiger partial charge in [0, 0.05) is 31.7 Å². The van der Waals surface area contributed by atoms with Crippen LogP contribution >= 0.6 is 0 Å². The zero-order valence-corrected chi connectivity index (χ0v) is 13.4. The molecule has 1 aliphatic heterocycles. The van der Waals surface area contributed by atoms with Crippen LogP contribution in [0.3, 0.4) is 0 Å². The average molecular weight is 341 g/mol. The fraction of sp³-hybridized carbons (Fsp3) is 0.294. The molecule has 25 heavy (non-hydrogen) atoms. The zero-order valence-electron chi connectivity index (χ0n) is 13.4. The van der Waals surface area contributed by atoms with Crippen LogP contribution in [0, 0.1) is 27.3 Å². The lowest BCUT2D eigenvalue weighted by atomic mass is 10.1. The number of nitro groups is 1. The monoisotopic (exact) mass is 341 g/mol. The minimum Gasteiger partial charge on any atom is -0.366 e. The Morgan fingerprint density at radius 2 is 2.28 bits per heavy atom. The highest BCUT2D eigenvalue weighted by Crippen LogP contribution is 2.20. The van der Waals surface area contributed by atoms with E-state index in [0.29, 0.717) is 17.9 Å². The van der Waals surface area contributed by atoms with Crippen LogP contribution in [-0.4, -0.2) is 33.9 Å². The number of aromatic nitrogens is 1. The number of benzene rings is 1. The first-order chi connectivity index (χ1) is 12.0. The lowest BCUT2D eigenvalue weighted by molar-refractivity contribution is -0.385. The summed E-state index contributed by atoms with van der Waals surface area (Å²) in [5.74, 6) is 0.183. The molecule has 0 saturated carbocycles. The number of nitrogens with one attached hydrogen (secondary N) is 1. The van der Waals surface area contributed by atoms with Gasteiger partial charge in [-0.3, -0.25) is 15.0 Å². The second-order valence-electron chi connectivity index (χ2n) is 5.94. The van der Waals surface area contributed by atoms with Crippen molar-refractivity contribution in [2.45, 2.75) is 19.0 Å². The molecule has 1 N–H and O–H groups in total. The maximum Gasteiger partial charge on any atom is 0.287 e. The number of nitrogens with zero attached hydrogens (tertiary/aromatic N) is 4. The molecule has 128 valence electrons. The van der Waals surface area contributed by atoms with Crippen molar-refractivity contribution in [3.63, 3.8) is 0 Å². The van der Waals surface area contributed by atoms with Gasteiger partial charge in [0.2, 0.25) is 0 Å². The largest absolute Gasteiger partial charge is 0.366 e. The topological polar surface area (TPSA) is 95.1 Å². The molecule has 0 amide bonds. The number of anilines is 1. The Kier molecular flexibility index (Phi) is 4.86. The van der Waals surface area contributed by atoms with Crippen molar-refractivity contribution >= 4 is 11.5 Å². The van der Waals surface area contributed by atoms with E-state index in [1.807, 2.05) is 6.07 Å². The first-order valence-electron chi connectivity index (χ1n) is 7.83. The molecule has 1 atom stereocenters. The van der Waals surface area contributed by atoms with E-state index in [1.54, 1.807) is 12.1 Å². The minimum atomic E-state index is -0.483. The Morgan fingerprint density at radius 1 is 1.44 bits per heavy atom. The van der Waals surface area contributed by atoms with Crippen LogP contribution in [0.5, 0.6) is 0 Å². The lowest BCUT2D eigenvalue weighted by Gasteiger charge is -2.17. The second kappa shape index (κ2) is 7.23. The highest BCUT2D eigenvalue weighted by atomic mass is 19.1. The van der Waals surface area contributed by atoms with Gasteiger partial charge in [-0.2, -0.15) is 5.26 Å². The molecule has 0 bridgehead atoms. The van der Waals surface area contributed by atoms with Crippen molar-refractivity contribution < 1.29 is 9.31 Å². The van der Waals surface area contributed by atoms with Gasteiger partial charge in [-0.15, -0.1) is 0 Å². The highest BCUT2D eigenvalue weighted by Gasteiger charge is 2.23. The molecule has 8 heteroatoms. The first-order valence-corrected chi connectivity index (χ1v) is 7.83. The van der Waals surface area contributed by atoms with Gasteiger partial charge in [0.1, 0.15) is 17.8 Å². The van der Waals surface area contributed by atoms with E-state index in [1.165, 1.54) is 24.4 Å². The van der Waals surface area contributed by atoms with Gasteiger partial charge < -0.3 is 5.32 Å². The van der Waals surface area contributed by atoms with E-state index in [9.17, 15) is 14.5 Å². The molecule has 0 spiro atoms. The smallest absolute Gasteiger partial charge is 0.287 e. The molecule has 2 heterocycles. The van der Waals surface area contributed by atoms with Crippen molar-refractivity contribution in [3.8, 4) is 6.07 Å². The van der Waals surface area contributed by atoms with E-state index in [4.69, 9.17) is 5.26 Å². The van der Waals surface area contributed by atoms with Crippen LogP contribution in [0.25, 0.3) is 0 Å². The summed E-state index contributed by atoms with van der Waals surface area (Å²) in [5.41, 5.74) is 1.12. The van der Waals surface area contributed by atoms with Crippen LogP contribution in [-0.2, 0) is 6.54 Å². The number of hydrogen-bond acceptors (Lipinski definition) is 6. The SMILES string of the molecule is N#Cc1cc(F)ccc1CN1CCC(Nc2ccc([N+](=O)[O-])cn2)C1. The van der Waals surface area contributed by atoms with E-state index in [2.05, 4.69) is 15.2 Å². The van der Waals surface area contributed by atoms with Gasteiger partial charge in [0.15, 0.2) is 0 Å². The normalized spacial score (nSPS) is 17.2. The molecule has 0 radical (unpaired) electrons. The van der Waals surface area contributed by atoms with E-state index < -0.39 is 10.7 Å². The van der Waals surface area contributed by atoms with Gasteiger partial charge in [-0.25, -0.2) is 9.37 Å². The Balaban J connectivity index is 1.59. The quantitative estimate of drug-likeness (QED) is 0.663. The number of likely N-dealkylation sites (tertiary alicyclic amines) is 1. The van der Waals surface area contributed by atoms with Crippen molar-refractivity contribution in [3.05, 3.63) is 63.6 Å². The molecule has 7 nitrogen and oxygen atoms in total. The van der Waals surface area contributed by atoms with Crippen molar-refractivity contribution in [2.75, 3.05) is 18.4 Å². The maximum absolute atomic E-state index is 13.2.